The van der Waals surface area contributed by atoms with E-state index >= 15 is 0 Å². The van der Waals surface area contributed by atoms with Crippen LogP contribution in [0.3, 0.4) is 0 Å². The van der Waals surface area contributed by atoms with Crippen LogP contribution in [0.25, 0.3) is 88.6 Å². The second kappa shape index (κ2) is 18.5. The topological polar surface area (TPSA) is 70.0 Å². The smallest absolute Gasteiger partial charge is 0.118 e. The lowest BCUT2D eigenvalue weighted by atomic mass is 9.89. The van der Waals surface area contributed by atoms with Gasteiger partial charge in [0.15, 0.2) is 0 Å². The Balaban J connectivity index is 1.19. The number of fused-ring (bicyclic) bond motifs is 6. The summed E-state index contributed by atoms with van der Waals surface area (Å²) in [7, 11) is 3.38. The molecule has 0 spiro atoms. The summed E-state index contributed by atoms with van der Waals surface area (Å²) in [4.78, 5) is 21.5. The van der Waals surface area contributed by atoms with E-state index in [9.17, 15) is 0 Å². The molecule has 310 valence electrons. The molecule has 0 aliphatic carbocycles. The Morgan fingerprint density at radius 2 is 0.677 bits per heavy atom. The van der Waals surface area contributed by atoms with Crippen LogP contribution in [0.2, 0.25) is 0 Å². The van der Waals surface area contributed by atoms with Crippen LogP contribution < -0.4 is 9.47 Å². The van der Waals surface area contributed by atoms with Gasteiger partial charge in [-0.1, -0.05) is 101 Å². The summed E-state index contributed by atoms with van der Waals surface area (Å²) < 4.78 is 10.8. The summed E-state index contributed by atoms with van der Waals surface area (Å²) in [5.74, 6) is 1.66. The fourth-order valence-corrected chi connectivity index (χ4v) is 8.74. The number of aryl methyl sites for hydroxylation is 2. The van der Waals surface area contributed by atoms with Crippen LogP contribution in [-0.4, -0.2) is 34.2 Å². The van der Waals surface area contributed by atoms with Crippen LogP contribution in [0.5, 0.6) is 11.5 Å². The maximum Gasteiger partial charge on any atom is 0.118 e. The Hall–Kier alpha value is -6.66. The van der Waals surface area contributed by atoms with Crippen molar-refractivity contribution in [2.45, 2.75) is 78.1 Å². The first-order valence-electron chi connectivity index (χ1n) is 22.4. The predicted octanol–water partition coefficient (Wildman–Crippen LogP) is 14.8. The van der Waals surface area contributed by atoms with E-state index < -0.39 is 0 Å². The number of nitrogens with zero attached hydrogens (tertiary/aromatic N) is 4. The first-order valence-corrected chi connectivity index (χ1v) is 22.4. The van der Waals surface area contributed by atoms with Gasteiger partial charge in [-0.25, -0.2) is 19.9 Å². The average molecular weight is 815 g/mol. The summed E-state index contributed by atoms with van der Waals surface area (Å²) in [5, 5.41) is 4.31. The molecule has 0 aliphatic rings. The highest BCUT2D eigenvalue weighted by Gasteiger charge is 2.18. The third kappa shape index (κ3) is 8.47. The van der Waals surface area contributed by atoms with Crippen molar-refractivity contribution in [3.05, 3.63) is 145 Å². The lowest BCUT2D eigenvalue weighted by molar-refractivity contribution is 0.415. The molecule has 0 atom stereocenters. The standard InChI is InChI=1S/C56H54N4O2/c1-5-7-9-11-13-43-35-48(52-34-26-42-18-16-40-24-32-50(58-54(40)56(42)60-52)38-21-29-46(62-4)30-22-38)44(14-12-10-8-6-2)36-47(43)51-33-25-41-17-15-39-23-31-49(57-53(39)55(41)59-51)37-19-27-45(61-3)28-20-37/h15-36H,5-14H2,1-4H3. The van der Waals surface area contributed by atoms with Gasteiger partial charge in [0.1, 0.15) is 11.5 Å². The Morgan fingerprint density at radius 3 is 1.02 bits per heavy atom. The normalized spacial score (nSPS) is 11.5. The maximum absolute atomic E-state index is 5.50. The molecule has 0 saturated carbocycles. The minimum atomic E-state index is 0.828. The van der Waals surface area contributed by atoms with E-state index in [2.05, 4.69) is 123 Å². The number of rotatable bonds is 16. The number of methoxy groups -OCH3 is 2. The third-order valence-corrected chi connectivity index (χ3v) is 12.3. The summed E-state index contributed by atoms with van der Waals surface area (Å²) in [6, 6.07) is 47.1. The van der Waals surface area contributed by atoms with E-state index in [4.69, 9.17) is 29.4 Å². The number of hydrogen-bond acceptors (Lipinski definition) is 6. The van der Waals surface area contributed by atoms with Gasteiger partial charge in [-0.2, -0.15) is 0 Å². The number of hydrogen-bond donors (Lipinski definition) is 0. The molecule has 62 heavy (non-hydrogen) atoms. The highest BCUT2D eigenvalue weighted by atomic mass is 16.5. The van der Waals surface area contributed by atoms with Gasteiger partial charge in [0.05, 0.1) is 59.1 Å². The Kier molecular flexibility index (Phi) is 12.2. The fourth-order valence-electron chi connectivity index (χ4n) is 8.74. The second-order valence-corrected chi connectivity index (χ2v) is 16.4. The van der Waals surface area contributed by atoms with Crippen molar-refractivity contribution < 1.29 is 9.47 Å². The SMILES string of the molecule is CCCCCCc1cc(-c2ccc3ccc4ccc(-c5ccc(OC)cc5)nc4c3n2)c(CCCCCC)cc1-c1ccc2ccc3ccc(-c4ccc(OC)cc4)nc3c2n1. The van der Waals surface area contributed by atoms with E-state index in [0.29, 0.717) is 0 Å². The van der Waals surface area contributed by atoms with E-state index in [1.807, 2.05) is 24.3 Å². The van der Waals surface area contributed by atoms with E-state index in [-0.39, 0.29) is 0 Å². The zero-order valence-electron chi connectivity index (χ0n) is 36.4. The Bertz CT molecular complexity index is 2810. The van der Waals surface area contributed by atoms with Gasteiger partial charge >= 0.3 is 0 Å². The van der Waals surface area contributed by atoms with E-state index in [0.717, 1.165) is 115 Å². The lowest BCUT2D eigenvalue weighted by Crippen LogP contribution is -2.01. The number of aromatic nitrogens is 4. The molecule has 4 heterocycles. The average Bonchev–Trinajstić information content (AvgIpc) is 3.33. The minimum absolute atomic E-state index is 0.828. The van der Waals surface area contributed by atoms with Crippen LogP contribution in [0.4, 0.5) is 0 Å². The van der Waals surface area contributed by atoms with Crippen LogP contribution in [0, 0.1) is 0 Å². The molecule has 0 amide bonds. The van der Waals surface area contributed by atoms with Crippen molar-refractivity contribution in [3.8, 4) is 56.5 Å². The summed E-state index contributed by atoms with van der Waals surface area (Å²) in [6.07, 6.45) is 11.4. The summed E-state index contributed by atoms with van der Waals surface area (Å²) in [6.45, 7) is 4.55. The molecular formula is C56H54N4O2. The van der Waals surface area contributed by atoms with Gasteiger partial charge in [0, 0.05) is 43.8 Å². The molecule has 0 N–H and O–H groups in total. The van der Waals surface area contributed by atoms with Gasteiger partial charge in [-0.3, -0.25) is 0 Å². The molecule has 6 heteroatoms. The number of benzene rings is 5. The zero-order valence-corrected chi connectivity index (χ0v) is 36.4. The number of ether oxygens (including phenoxy) is 2. The predicted molar refractivity (Wildman–Crippen MR) is 258 cm³/mol. The van der Waals surface area contributed by atoms with Gasteiger partial charge < -0.3 is 9.47 Å². The molecular weight excluding hydrogens is 761 g/mol. The van der Waals surface area contributed by atoms with Crippen molar-refractivity contribution in [1.29, 1.82) is 0 Å². The van der Waals surface area contributed by atoms with Gasteiger partial charge in [-0.05, 0) is 122 Å². The first kappa shape index (κ1) is 40.7. The molecule has 0 unspecified atom stereocenters. The fraction of sp³-hybridized carbons (Fsp3) is 0.250. The van der Waals surface area contributed by atoms with E-state index in [1.54, 1.807) is 14.2 Å². The van der Waals surface area contributed by atoms with Gasteiger partial charge in [0.25, 0.3) is 0 Å². The summed E-state index contributed by atoms with van der Waals surface area (Å²) >= 11 is 0. The molecule has 0 aliphatic heterocycles. The van der Waals surface area contributed by atoms with Crippen molar-refractivity contribution in [1.82, 2.24) is 19.9 Å². The zero-order chi connectivity index (χ0) is 42.4. The number of pyridine rings is 4. The molecule has 5 aromatic carbocycles. The maximum atomic E-state index is 5.50. The van der Waals surface area contributed by atoms with Crippen LogP contribution >= 0.6 is 0 Å². The third-order valence-electron chi connectivity index (χ3n) is 12.3. The first-order chi connectivity index (χ1) is 30.5. The van der Waals surface area contributed by atoms with Crippen LogP contribution in [0.15, 0.2) is 133 Å². The van der Waals surface area contributed by atoms with Crippen molar-refractivity contribution >= 4 is 43.6 Å². The number of unbranched alkanes of at least 4 members (excludes halogenated alkanes) is 6. The van der Waals surface area contributed by atoms with Crippen LogP contribution in [-0.2, 0) is 12.8 Å². The molecule has 9 rings (SSSR count). The molecule has 0 saturated heterocycles. The van der Waals surface area contributed by atoms with E-state index in [1.165, 1.54) is 60.8 Å². The van der Waals surface area contributed by atoms with Crippen molar-refractivity contribution in [2.75, 3.05) is 14.2 Å². The highest BCUT2D eigenvalue weighted by molar-refractivity contribution is 6.05. The van der Waals surface area contributed by atoms with Crippen molar-refractivity contribution in [3.63, 3.8) is 0 Å². The molecule has 4 aromatic heterocycles. The van der Waals surface area contributed by atoms with Crippen LogP contribution in [0.1, 0.15) is 76.3 Å². The van der Waals surface area contributed by atoms with Gasteiger partial charge in [-0.15, -0.1) is 0 Å². The minimum Gasteiger partial charge on any atom is -0.497 e. The molecule has 6 nitrogen and oxygen atoms in total. The highest BCUT2D eigenvalue weighted by Crippen LogP contribution is 2.37. The summed E-state index contributed by atoms with van der Waals surface area (Å²) in [5.41, 5.74) is 14.6. The van der Waals surface area contributed by atoms with Gasteiger partial charge in [0.2, 0.25) is 0 Å². The Labute approximate surface area is 365 Å². The Morgan fingerprint density at radius 1 is 0.355 bits per heavy atom. The lowest BCUT2D eigenvalue weighted by Gasteiger charge is -2.18. The quantitative estimate of drug-likeness (QED) is 0.0715. The molecule has 0 fully saturated rings. The van der Waals surface area contributed by atoms with Crippen molar-refractivity contribution in [2.24, 2.45) is 0 Å². The largest absolute Gasteiger partial charge is 0.497 e. The molecule has 9 aromatic rings. The molecule has 0 radical (unpaired) electrons. The monoisotopic (exact) mass is 814 g/mol. The second-order valence-electron chi connectivity index (χ2n) is 16.4. The molecule has 0 bridgehead atoms.